The smallest absolute Gasteiger partial charge is 0.429 e. The molecular formula is C17H12Cl4N3O2+. The van der Waals surface area contributed by atoms with Crippen molar-refractivity contribution in [3.63, 3.8) is 0 Å². The molecule has 26 heavy (non-hydrogen) atoms. The lowest BCUT2D eigenvalue weighted by Crippen LogP contribution is -2.38. The summed E-state index contributed by atoms with van der Waals surface area (Å²) >= 11 is 22.9. The average molecular weight is 432 g/mol. The molecule has 0 aliphatic heterocycles. The topological polar surface area (TPSA) is 77.5 Å². The molecule has 0 fully saturated rings. The third kappa shape index (κ3) is 4.80. The number of nitrogens with zero attached hydrogens (tertiary/aromatic N) is 2. The van der Waals surface area contributed by atoms with E-state index in [-0.39, 0.29) is 16.3 Å². The van der Waals surface area contributed by atoms with Gasteiger partial charge in [-0.05, 0) is 17.7 Å². The van der Waals surface area contributed by atoms with E-state index in [1.54, 1.807) is 48.5 Å². The predicted molar refractivity (Wildman–Crippen MR) is 104 cm³/mol. The molecule has 1 atom stereocenters. The number of rotatable bonds is 4. The molecule has 0 bridgehead atoms. The summed E-state index contributed by atoms with van der Waals surface area (Å²) in [5.41, 5.74) is 0.430. The van der Waals surface area contributed by atoms with Crippen LogP contribution >= 0.6 is 46.4 Å². The Balaban J connectivity index is 2.59. The van der Waals surface area contributed by atoms with Gasteiger partial charge < -0.3 is 10.4 Å². The minimum atomic E-state index is -2.24. The number of carbonyl (C=O) groups is 1. The van der Waals surface area contributed by atoms with Gasteiger partial charge in [-0.15, -0.1) is 0 Å². The van der Waals surface area contributed by atoms with Gasteiger partial charge in [0.2, 0.25) is 11.2 Å². The molecule has 0 saturated carbocycles. The number of amides is 1. The highest BCUT2D eigenvalue weighted by atomic mass is 35.6. The molecule has 0 aromatic heterocycles. The Morgan fingerprint density at radius 2 is 1.65 bits per heavy atom. The van der Waals surface area contributed by atoms with Gasteiger partial charge in [-0.1, -0.05) is 88.9 Å². The van der Waals surface area contributed by atoms with Crippen molar-refractivity contribution in [1.82, 2.24) is 5.32 Å². The Kier molecular flexibility index (Phi) is 6.74. The maximum atomic E-state index is 12.1. The standard InChI is InChI=1S/C17H11Cl4N3O2/c18-12-9-5-4-8-11(12)15(25)14(24-22)13(10-6-2-1-3-7-10)23-16(26)17(19,20)21/h1-9,13H,(H-,23,25,26)/p+1/b15-14+. The summed E-state index contributed by atoms with van der Waals surface area (Å²) in [5, 5.41) is 22.8. The number of carbonyl (C=O) groups excluding carboxylic acids is 1. The van der Waals surface area contributed by atoms with Gasteiger partial charge in [-0.3, -0.25) is 4.79 Å². The molecule has 0 saturated heterocycles. The number of nitrogens with one attached hydrogen (secondary N) is 1. The van der Waals surface area contributed by atoms with Crippen LogP contribution in [0.2, 0.25) is 5.02 Å². The first-order valence-electron chi connectivity index (χ1n) is 7.21. The first kappa shape index (κ1) is 20.3. The molecule has 0 radical (unpaired) electrons. The van der Waals surface area contributed by atoms with Crippen LogP contribution in [0.15, 0.2) is 60.3 Å². The number of halogens is 4. The highest BCUT2D eigenvalue weighted by Gasteiger charge is 2.39. The van der Waals surface area contributed by atoms with E-state index >= 15 is 0 Å². The van der Waals surface area contributed by atoms with Crippen molar-refractivity contribution in [2.75, 3.05) is 0 Å². The van der Waals surface area contributed by atoms with Gasteiger partial charge in [0.05, 0.1) is 5.02 Å². The highest BCUT2D eigenvalue weighted by molar-refractivity contribution is 6.76. The van der Waals surface area contributed by atoms with Crippen LogP contribution in [0.5, 0.6) is 0 Å². The van der Waals surface area contributed by atoms with Crippen LogP contribution in [-0.2, 0) is 4.79 Å². The van der Waals surface area contributed by atoms with Crippen molar-refractivity contribution < 1.29 is 9.90 Å². The van der Waals surface area contributed by atoms with E-state index in [2.05, 4.69) is 10.3 Å². The third-order valence-electron chi connectivity index (χ3n) is 3.42. The van der Waals surface area contributed by atoms with Crippen LogP contribution in [0.4, 0.5) is 0 Å². The zero-order valence-electron chi connectivity index (χ0n) is 13.0. The number of benzene rings is 2. The van der Waals surface area contributed by atoms with Crippen molar-refractivity contribution in [2.45, 2.75) is 9.83 Å². The molecule has 134 valence electrons. The van der Waals surface area contributed by atoms with Gasteiger partial charge in [0.15, 0.2) is 11.0 Å². The van der Waals surface area contributed by atoms with Crippen LogP contribution in [0, 0.1) is 5.39 Å². The lowest BCUT2D eigenvalue weighted by Gasteiger charge is -2.17. The fourth-order valence-electron chi connectivity index (χ4n) is 2.20. The summed E-state index contributed by atoms with van der Waals surface area (Å²) in [6.07, 6.45) is 0. The molecule has 0 aliphatic carbocycles. The summed E-state index contributed by atoms with van der Waals surface area (Å²) in [6, 6.07) is 13.8. The summed E-state index contributed by atoms with van der Waals surface area (Å²) in [5.74, 6) is -1.39. The number of hydrogen-bond donors (Lipinski definition) is 2. The Labute approximate surface area is 169 Å². The Bertz CT molecular complexity index is 874. The molecule has 0 aliphatic rings. The van der Waals surface area contributed by atoms with Crippen molar-refractivity contribution in [3.05, 3.63) is 81.4 Å². The zero-order valence-corrected chi connectivity index (χ0v) is 16.1. The van der Waals surface area contributed by atoms with E-state index < -0.39 is 21.5 Å². The molecule has 2 aromatic carbocycles. The van der Waals surface area contributed by atoms with E-state index in [9.17, 15) is 15.3 Å². The van der Waals surface area contributed by atoms with Crippen LogP contribution in [0.3, 0.4) is 0 Å². The Hall–Kier alpha value is -1.97. The third-order valence-corrected chi connectivity index (χ3v) is 4.26. The van der Waals surface area contributed by atoms with Crippen LogP contribution < -0.4 is 5.32 Å². The molecule has 2 N–H and O–H groups in total. The Morgan fingerprint density at radius 3 is 2.19 bits per heavy atom. The van der Waals surface area contributed by atoms with Crippen molar-refractivity contribution >= 4 is 58.1 Å². The number of aliphatic hydroxyl groups excluding tert-OH is 1. The molecule has 2 aromatic rings. The summed E-state index contributed by atoms with van der Waals surface area (Å²) in [7, 11) is 0. The molecule has 0 spiro atoms. The van der Waals surface area contributed by atoms with Gasteiger partial charge in [-0.2, -0.15) is 0 Å². The van der Waals surface area contributed by atoms with Gasteiger partial charge in [-0.25, -0.2) is 0 Å². The zero-order chi connectivity index (χ0) is 19.3. The van der Waals surface area contributed by atoms with E-state index in [4.69, 9.17) is 46.4 Å². The van der Waals surface area contributed by atoms with Crippen molar-refractivity contribution in [2.24, 2.45) is 0 Å². The van der Waals surface area contributed by atoms with Gasteiger partial charge >= 0.3 is 5.70 Å². The largest absolute Gasteiger partial charge is 0.501 e. The van der Waals surface area contributed by atoms with E-state index in [0.29, 0.717) is 5.56 Å². The quantitative estimate of drug-likeness (QED) is 0.373. The molecule has 1 amide bonds. The molecule has 1 unspecified atom stereocenters. The maximum absolute atomic E-state index is 12.1. The first-order valence-corrected chi connectivity index (χ1v) is 8.72. The summed E-state index contributed by atoms with van der Waals surface area (Å²) in [4.78, 5) is 15.3. The van der Waals surface area contributed by atoms with E-state index in [1.807, 2.05) is 0 Å². The molecule has 9 heteroatoms. The first-order chi connectivity index (χ1) is 12.3. The molecular weight excluding hydrogens is 420 g/mol. The van der Waals surface area contributed by atoms with Gasteiger partial charge in [0.25, 0.3) is 9.70 Å². The fraction of sp³-hybridized carbons (Fsp3) is 0.118. The summed E-state index contributed by atoms with van der Waals surface area (Å²) < 4.78 is -2.24. The van der Waals surface area contributed by atoms with Crippen LogP contribution in [-0.4, -0.2) is 14.8 Å². The van der Waals surface area contributed by atoms with Gasteiger partial charge in [0, 0.05) is 5.56 Å². The molecule has 2 rings (SSSR count). The summed E-state index contributed by atoms with van der Waals surface area (Å²) in [6.45, 7) is 0. The van der Waals surface area contributed by atoms with E-state index in [1.165, 1.54) is 6.07 Å². The predicted octanol–water partition coefficient (Wildman–Crippen LogP) is 5.65. The van der Waals surface area contributed by atoms with Crippen LogP contribution in [0.25, 0.3) is 10.7 Å². The Morgan fingerprint density at radius 1 is 1.08 bits per heavy atom. The van der Waals surface area contributed by atoms with Gasteiger partial charge in [0.1, 0.15) is 0 Å². The fourth-order valence-corrected chi connectivity index (χ4v) is 2.59. The second-order valence-corrected chi connectivity index (χ2v) is 7.82. The second kappa shape index (κ2) is 8.61. The van der Waals surface area contributed by atoms with E-state index in [0.717, 1.165) is 0 Å². The van der Waals surface area contributed by atoms with Crippen LogP contribution in [0.1, 0.15) is 17.2 Å². The average Bonchev–Trinajstić information content (AvgIpc) is 2.61. The highest BCUT2D eigenvalue weighted by Crippen LogP contribution is 2.34. The lowest BCUT2D eigenvalue weighted by molar-refractivity contribution is -0.120. The SMILES string of the molecule is N#[N+]/C(=C(/O)c1ccccc1Cl)C(NC(=O)C(Cl)(Cl)Cl)c1ccccc1. The number of alkyl halides is 3. The number of hydrogen-bond acceptors (Lipinski definition) is 3. The minimum absolute atomic E-state index is 0.214. The van der Waals surface area contributed by atoms with Crippen molar-refractivity contribution in [1.29, 1.82) is 5.39 Å². The number of aliphatic hydroxyl groups is 1. The maximum Gasteiger partial charge on any atom is 0.429 e. The molecule has 0 heterocycles. The van der Waals surface area contributed by atoms with Crippen molar-refractivity contribution in [3.8, 4) is 0 Å². The lowest BCUT2D eigenvalue weighted by atomic mass is 10.0. The normalized spacial score (nSPS) is 13.3. The minimum Gasteiger partial charge on any atom is -0.501 e. The second-order valence-electron chi connectivity index (χ2n) is 5.13. The monoisotopic (exact) mass is 430 g/mol. The molecule has 5 nitrogen and oxygen atoms in total. The number of diazo groups is 1.